The summed E-state index contributed by atoms with van der Waals surface area (Å²) >= 11 is 6.01. The van der Waals surface area contributed by atoms with Gasteiger partial charge in [-0.05, 0) is 45.0 Å². The van der Waals surface area contributed by atoms with Gasteiger partial charge in [-0.3, -0.25) is 0 Å². The number of nitrogens with one attached hydrogen (secondary N) is 1. The molecular weight excluding hydrogens is 234 g/mol. The molecule has 2 nitrogen and oxygen atoms in total. The van der Waals surface area contributed by atoms with Crippen molar-refractivity contribution in [3.63, 3.8) is 0 Å². The Morgan fingerprint density at radius 1 is 1.35 bits per heavy atom. The van der Waals surface area contributed by atoms with Crippen LogP contribution in [0, 0.1) is 0 Å². The van der Waals surface area contributed by atoms with Gasteiger partial charge in [0.05, 0.1) is 6.10 Å². The van der Waals surface area contributed by atoms with Crippen LogP contribution in [0.3, 0.4) is 0 Å². The molecule has 0 spiro atoms. The second-order valence-corrected chi connectivity index (χ2v) is 4.89. The number of ether oxygens (including phenoxy) is 1. The topological polar surface area (TPSA) is 21.3 Å². The third-order valence-electron chi connectivity index (χ3n) is 2.41. The Balaban J connectivity index is 2.63. The second kappa shape index (κ2) is 7.57. The standard InChI is InChI=1S/C14H22ClNO/c1-4-5-8-16-10-12-9-13(15)6-7-14(12)17-11(2)3/h6-7,9,11,16H,4-5,8,10H2,1-3H3. The van der Waals surface area contributed by atoms with E-state index in [9.17, 15) is 0 Å². The average molecular weight is 256 g/mol. The Kier molecular flexibility index (Phi) is 6.38. The number of unbranched alkanes of at least 4 members (excludes halogenated alkanes) is 1. The molecule has 0 amide bonds. The maximum atomic E-state index is 6.01. The molecule has 3 heteroatoms. The zero-order valence-corrected chi connectivity index (χ0v) is 11.7. The lowest BCUT2D eigenvalue weighted by Gasteiger charge is -2.15. The lowest BCUT2D eigenvalue weighted by molar-refractivity contribution is 0.239. The van der Waals surface area contributed by atoms with Gasteiger partial charge in [0.1, 0.15) is 5.75 Å². The summed E-state index contributed by atoms with van der Waals surface area (Å²) in [5, 5.41) is 4.16. The maximum absolute atomic E-state index is 6.01. The van der Waals surface area contributed by atoms with Gasteiger partial charge in [0.25, 0.3) is 0 Å². The molecule has 0 bridgehead atoms. The summed E-state index contributed by atoms with van der Waals surface area (Å²) in [6.07, 6.45) is 2.59. The van der Waals surface area contributed by atoms with E-state index in [4.69, 9.17) is 16.3 Å². The van der Waals surface area contributed by atoms with Crippen molar-refractivity contribution in [3.8, 4) is 5.75 Å². The van der Waals surface area contributed by atoms with Crippen molar-refractivity contribution in [3.05, 3.63) is 28.8 Å². The Labute approximate surface area is 109 Å². The third kappa shape index (κ3) is 5.42. The number of rotatable bonds is 7. The average Bonchev–Trinajstić information content (AvgIpc) is 2.27. The van der Waals surface area contributed by atoms with Crippen molar-refractivity contribution in [2.24, 2.45) is 0 Å². The Morgan fingerprint density at radius 3 is 2.76 bits per heavy atom. The van der Waals surface area contributed by atoms with Gasteiger partial charge in [-0.1, -0.05) is 24.9 Å². The van der Waals surface area contributed by atoms with Gasteiger partial charge in [-0.15, -0.1) is 0 Å². The number of halogens is 1. The largest absolute Gasteiger partial charge is 0.491 e. The highest BCUT2D eigenvalue weighted by Crippen LogP contribution is 2.23. The van der Waals surface area contributed by atoms with E-state index in [0.717, 1.165) is 29.4 Å². The van der Waals surface area contributed by atoms with E-state index in [1.54, 1.807) is 0 Å². The van der Waals surface area contributed by atoms with E-state index in [0.29, 0.717) is 0 Å². The first kappa shape index (κ1) is 14.3. The molecule has 0 aliphatic rings. The van der Waals surface area contributed by atoms with Crippen LogP contribution in [0.4, 0.5) is 0 Å². The minimum atomic E-state index is 0.186. The lowest BCUT2D eigenvalue weighted by Crippen LogP contribution is -2.16. The molecule has 0 radical (unpaired) electrons. The van der Waals surface area contributed by atoms with Crippen molar-refractivity contribution in [2.45, 2.75) is 46.3 Å². The molecule has 96 valence electrons. The SMILES string of the molecule is CCCCNCc1cc(Cl)ccc1OC(C)C. The molecule has 0 aromatic heterocycles. The molecule has 1 N–H and O–H groups in total. The van der Waals surface area contributed by atoms with Gasteiger partial charge in [-0.25, -0.2) is 0 Å². The fourth-order valence-corrected chi connectivity index (χ4v) is 1.77. The summed E-state index contributed by atoms with van der Waals surface area (Å²) in [6, 6.07) is 5.78. The zero-order chi connectivity index (χ0) is 12.7. The molecule has 0 heterocycles. The molecule has 0 atom stereocenters. The lowest BCUT2D eigenvalue weighted by atomic mass is 10.2. The van der Waals surface area contributed by atoms with Crippen molar-refractivity contribution in [2.75, 3.05) is 6.54 Å². The van der Waals surface area contributed by atoms with Crippen LogP contribution in [-0.4, -0.2) is 12.6 Å². The van der Waals surface area contributed by atoms with E-state index in [1.807, 2.05) is 32.0 Å². The predicted octanol–water partition coefficient (Wildman–Crippen LogP) is 4.02. The first-order chi connectivity index (χ1) is 8.13. The first-order valence-electron chi connectivity index (χ1n) is 6.29. The van der Waals surface area contributed by atoms with Crippen molar-refractivity contribution in [1.82, 2.24) is 5.32 Å². The minimum absolute atomic E-state index is 0.186. The Hall–Kier alpha value is -0.730. The predicted molar refractivity (Wildman–Crippen MR) is 73.8 cm³/mol. The van der Waals surface area contributed by atoms with E-state index < -0.39 is 0 Å². The summed E-state index contributed by atoms with van der Waals surface area (Å²) in [4.78, 5) is 0. The fourth-order valence-electron chi connectivity index (χ4n) is 1.58. The number of hydrogen-bond donors (Lipinski definition) is 1. The van der Waals surface area contributed by atoms with Crippen LogP contribution < -0.4 is 10.1 Å². The van der Waals surface area contributed by atoms with Crippen molar-refractivity contribution < 1.29 is 4.74 Å². The highest BCUT2D eigenvalue weighted by Gasteiger charge is 2.06. The smallest absolute Gasteiger partial charge is 0.124 e. The molecule has 0 aliphatic heterocycles. The first-order valence-corrected chi connectivity index (χ1v) is 6.67. The molecule has 0 unspecified atom stereocenters. The monoisotopic (exact) mass is 255 g/mol. The minimum Gasteiger partial charge on any atom is -0.491 e. The maximum Gasteiger partial charge on any atom is 0.124 e. The molecular formula is C14H22ClNO. The van der Waals surface area contributed by atoms with Gasteiger partial charge in [-0.2, -0.15) is 0 Å². The quantitative estimate of drug-likeness (QED) is 0.743. The summed E-state index contributed by atoms with van der Waals surface area (Å²) in [7, 11) is 0. The summed E-state index contributed by atoms with van der Waals surface area (Å²) in [5.41, 5.74) is 1.13. The van der Waals surface area contributed by atoms with Gasteiger partial charge in [0, 0.05) is 17.1 Å². The van der Waals surface area contributed by atoms with Crippen LogP contribution in [0.2, 0.25) is 5.02 Å². The van der Waals surface area contributed by atoms with E-state index in [-0.39, 0.29) is 6.10 Å². The van der Waals surface area contributed by atoms with Crippen LogP contribution in [0.1, 0.15) is 39.2 Å². The molecule has 1 aromatic rings. The highest BCUT2D eigenvalue weighted by molar-refractivity contribution is 6.30. The van der Waals surface area contributed by atoms with E-state index in [2.05, 4.69) is 12.2 Å². The van der Waals surface area contributed by atoms with Gasteiger partial charge in [0.2, 0.25) is 0 Å². The molecule has 0 fully saturated rings. The normalized spacial score (nSPS) is 10.9. The molecule has 0 saturated heterocycles. The Bertz CT molecular complexity index is 339. The van der Waals surface area contributed by atoms with Crippen LogP contribution in [-0.2, 0) is 6.54 Å². The van der Waals surface area contributed by atoms with Crippen molar-refractivity contribution >= 4 is 11.6 Å². The third-order valence-corrected chi connectivity index (χ3v) is 2.64. The van der Waals surface area contributed by atoms with Crippen LogP contribution in [0.5, 0.6) is 5.75 Å². The molecule has 0 aliphatic carbocycles. The molecule has 0 saturated carbocycles. The number of hydrogen-bond acceptors (Lipinski definition) is 2. The van der Waals surface area contributed by atoms with E-state index in [1.165, 1.54) is 12.8 Å². The van der Waals surface area contributed by atoms with Crippen molar-refractivity contribution in [1.29, 1.82) is 0 Å². The van der Waals surface area contributed by atoms with Crippen LogP contribution in [0.15, 0.2) is 18.2 Å². The Morgan fingerprint density at radius 2 is 2.12 bits per heavy atom. The summed E-state index contributed by atoms with van der Waals surface area (Å²) in [6.45, 7) is 8.09. The van der Waals surface area contributed by atoms with E-state index >= 15 is 0 Å². The van der Waals surface area contributed by atoms with Crippen LogP contribution in [0.25, 0.3) is 0 Å². The van der Waals surface area contributed by atoms with Crippen LogP contribution >= 0.6 is 11.6 Å². The second-order valence-electron chi connectivity index (χ2n) is 4.45. The van der Waals surface area contributed by atoms with Gasteiger partial charge in [0.15, 0.2) is 0 Å². The summed E-state index contributed by atoms with van der Waals surface area (Å²) in [5.74, 6) is 0.924. The molecule has 1 aromatic carbocycles. The number of benzene rings is 1. The zero-order valence-electron chi connectivity index (χ0n) is 10.9. The summed E-state index contributed by atoms with van der Waals surface area (Å²) < 4.78 is 5.76. The molecule has 1 rings (SSSR count). The van der Waals surface area contributed by atoms with Gasteiger partial charge >= 0.3 is 0 Å². The highest BCUT2D eigenvalue weighted by atomic mass is 35.5. The molecule has 17 heavy (non-hydrogen) atoms. The van der Waals surface area contributed by atoms with Gasteiger partial charge < -0.3 is 10.1 Å². The fraction of sp³-hybridized carbons (Fsp3) is 0.571.